The maximum Gasteiger partial charge on any atom is 0.0369 e. The maximum atomic E-state index is 2.82. The van der Waals surface area contributed by atoms with Crippen molar-refractivity contribution in [1.29, 1.82) is 0 Å². The normalized spacial score (nSPS) is 28.4. The van der Waals surface area contributed by atoms with Crippen LogP contribution in [0.4, 0.5) is 0 Å². The number of fused-ring (bicyclic) bond motifs is 5. The van der Waals surface area contributed by atoms with Crippen LogP contribution in [0.5, 0.6) is 0 Å². The molecule has 3 heteroatoms. The fourth-order valence-electron chi connectivity index (χ4n) is 6.50. The summed E-state index contributed by atoms with van der Waals surface area (Å²) in [5, 5.41) is 1.46. The zero-order valence-corrected chi connectivity index (χ0v) is 20.9. The summed E-state index contributed by atoms with van der Waals surface area (Å²) in [4.78, 5) is 4.40. The molecule has 0 spiro atoms. The molecule has 0 N–H and O–H groups in total. The van der Waals surface area contributed by atoms with Gasteiger partial charge in [-0.1, -0.05) is 53.3 Å². The molecule has 1 fully saturated rings. The lowest BCUT2D eigenvalue weighted by Crippen LogP contribution is -2.43. The zero-order valence-electron chi connectivity index (χ0n) is 18.0. The second kappa shape index (κ2) is 7.51. The molecule has 2 heterocycles. The Kier molecular flexibility index (Phi) is 4.91. The highest BCUT2D eigenvalue weighted by molar-refractivity contribution is 14.1. The van der Waals surface area contributed by atoms with Gasteiger partial charge in [-0.25, -0.2) is 0 Å². The standard InChI is InChI=1S/C27H30INS/c1-16(2)29-23-12-10-17(15-21(23)27-22(28)7-5-8-24(27)29)18-11-13-26-20(14-18)19-6-3-4-9-25(19)30-26/h3-4,6,9,14-16,22,24,27H,5,7-8,10-13H2,1-2H3. The molecule has 1 aromatic heterocycles. The summed E-state index contributed by atoms with van der Waals surface area (Å²) in [6.45, 7) is 4.80. The lowest BCUT2D eigenvalue weighted by molar-refractivity contribution is 0.160. The lowest BCUT2D eigenvalue weighted by Gasteiger charge is -2.40. The molecule has 4 aliphatic rings. The summed E-state index contributed by atoms with van der Waals surface area (Å²) in [5.74, 6) is 0.744. The van der Waals surface area contributed by atoms with E-state index in [1.54, 1.807) is 27.3 Å². The Bertz CT molecular complexity index is 1100. The van der Waals surface area contributed by atoms with Gasteiger partial charge in [0.25, 0.3) is 0 Å². The van der Waals surface area contributed by atoms with E-state index in [1.165, 1.54) is 60.6 Å². The van der Waals surface area contributed by atoms with Gasteiger partial charge in [0.05, 0.1) is 0 Å². The smallest absolute Gasteiger partial charge is 0.0369 e. The molecule has 1 saturated carbocycles. The number of halogens is 1. The number of aryl methyl sites for hydroxylation is 1. The molecule has 1 aliphatic heterocycles. The van der Waals surface area contributed by atoms with Crippen molar-refractivity contribution in [2.75, 3.05) is 0 Å². The highest BCUT2D eigenvalue weighted by Gasteiger charge is 2.46. The van der Waals surface area contributed by atoms with Crippen molar-refractivity contribution in [1.82, 2.24) is 4.90 Å². The van der Waals surface area contributed by atoms with Crippen molar-refractivity contribution >= 4 is 50.1 Å². The van der Waals surface area contributed by atoms with Crippen molar-refractivity contribution in [3.05, 3.63) is 63.2 Å². The van der Waals surface area contributed by atoms with E-state index in [-0.39, 0.29) is 0 Å². The number of hydrogen-bond donors (Lipinski definition) is 0. The molecule has 2 aromatic rings. The van der Waals surface area contributed by atoms with Crippen molar-refractivity contribution in [2.24, 2.45) is 5.92 Å². The number of alkyl halides is 1. The molecule has 30 heavy (non-hydrogen) atoms. The Morgan fingerprint density at radius 1 is 1.00 bits per heavy atom. The molecule has 3 atom stereocenters. The summed E-state index contributed by atoms with van der Waals surface area (Å²) < 4.78 is 2.24. The van der Waals surface area contributed by atoms with Gasteiger partial charge in [0, 0.05) is 37.2 Å². The third-order valence-corrected chi connectivity index (χ3v) is 10.4. The Hall–Kier alpha value is -1.07. The lowest BCUT2D eigenvalue weighted by atomic mass is 9.78. The maximum absolute atomic E-state index is 2.82. The molecule has 6 rings (SSSR count). The van der Waals surface area contributed by atoms with Crippen molar-refractivity contribution < 1.29 is 0 Å². The van der Waals surface area contributed by atoms with Gasteiger partial charge in [-0.3, -0.25) is 0 Å². The van der Waals surface area contributed by atoms with Gasteiger partial charge in [-0.2, -0.15) is 0 Å². The Morgan fingerprint density at radius 3 is 2.67 bits per heavy atom. The van der Waals surface area contributed by atoms with Crippen LogP contribution in [-0.4, -0.2) is 20.9 Å². The first-order chi connectivity index (χ1) is 14.6. The third-order valence-electron chi connectivity index (χ3n) is 7.73. The first-order valence-electron chi connectivity index (χ1n) is 11.7. The van der Waals surface area contributed by atoms with E-state index in [0.29, 0.717) is 6.04 Å². The van der Waals surface area contributed by atoms with Crippen LogP contribution < -0.4 is 0 Å². The fourth-order valence-corrected chi connectivity index (χ4v) is 8.99. The average molecular weight is 528 g/mol. The van der Waals surface area contributed by atoms with Gasteiger partial charge >= 0.3 is 0 Å². The summed E-state index contributed by atoms with van der Waals surface area (Å²) in [6.07, 6.45) is 14.2. The van der Waals surface area contributed by atoms with Gasteiger partial charge in [-0.15, -0.1) is 11.3 Å². The van der Waals surface area contributed by atoms with Crippen molar-refractivity contribution in [3.8, 4) is 0 Å². The van der Waals surface area contributed by atoms with Crippen molar-refractivity contribution in [3.63, 3.8) is 0 Å². The van der Waals surface area contributed by atoms with Crippen molar-refractivity contribution in [2.45, 2.75) is 74.8 Å². The van der Waals surface area contributed by atoms with Gasteiger partial charge in [0.1, 0.15) is 0 Å². The Labute approximate surface area is 198 Å². The molecule has 0 bridgehead atoms. The minimum Gasteiger partial charge on any atom is -0.369 e. The second-order valence-electron chi connectivity index (χ2n) is 9.72. The first kappa shape index (κ1) is 19.6. The minimum atomic E-state index is 0.621. The first-order valence-corrected chi connectivity index (χ1v) is 13.8. The highest BCUT2D eigenvalue weighted by Crippen LogP contribution is 2.51. The van der Waals surface area contributed by atoms with E-state index in [1.807, 2.05) is 11.3 Å². The van der Waals surface area contributed by atoms with E-state index >= 15 is 0 Å². The number of thiophene rings is 1. The Morgan fingerprint density at radius 2 is 1.80 bits per heavy atom. The minimum absolute atomic E-state index is 0.621. The van der Waals surface area contributed by atoms with E-state index in [2.05, 4.69) is 77.8 Å². The molecular formula is C27H30INS. The van der Waals surface area contributed by atoms with Crippen LogP contribution >= 0.6 is 33.9 Å². The van der Waals surface area contributed by atoms with E-state index < -0.39 is 0 Å². The summed E-state index contributed by atoms with van der Waals surface area (Å²) >= 11 is 4.77. The molecule has 1 aromatic carbocycles. The number of rotatable bonds is 2. The van der Waals surface area contributed by atoms with Gasteiger partial charge < -0.3 is 4.90 Å². The van der Waals surface area contributed by atoms with E-state index in [4.69, 9.17) is 0 Å². The summed E-state index contributed by atoms with van der Waals surface area (Å²) in [7, 11) is 0. The van der Waals surface area contributed by atoms with Crippen LogP contribution in [0.1, 0.15) is 62.8 Å². The molecule has 0 radical (unpaired) electrons. The zero-order chi connectivity index (χ0) is 20.4. The summed E-state index contributed by atoms with van der Waals surface area (Å²) in [5.41, 5.74) is 8.14. The number of allylic oxidation sites excluding steroid dienone is 4. The van der Waals surface area contributed by atoms with E-state index in [9.17, 15) is 0 Å². The van der Waals surface area contributed by atoms with Crippen LogP contribution in [0, 0.1) is 5.92 Å². The number of hydrogen-bond acceptors (Lipinski definition) is 2. The average Bonchev–Trinajstić information content (AvgIpc) is 3.29. The molecule has 1 nitrogen and oxygen atoms in total. The van der Waals surface area contributed by atoms with Crippen LogP contribution in [-0.2, 0) is 6.42 Å². The van der Waals surface area contributed by atoms with Gasteiger partial charge in [0.2, 0.25) is 0 Å². The third kappa shape index (κ3) is 2.98. The molecular weight excluding hydrogens is 497 g/mol. The highest BCUT2D eigenvalue weighted by atomic mass is 127. The van der Waals surface area contributed by atoms with Crippen LogP contribution in [0.25, 0.3) is 16.2 Å². The second-order valence-corrected chi connectivity index (χ2v) is 12.5. The quantitative estimate of drug-likeness (QED) is 0.284. The molecule has 0 saturated heterocycles. The monoisotopic (exact) mass is 527 g/mol. The molecule has 0 amide bonds. The molecule has 156 valence electrons. The predicted octanol–water partition coefficient (Wildman–Crippen LogP) is 7.90. The fraction of sp³-hybridized carbons (Fsp3) is 0.481. The van der Waals surface area contributed by atoms with Gasteiger partial charge in [-0.05, 0) is 92.2 Å². The van der Waals surface area contributed by atoms with Crippen LogP contribution in [0.15, 0.2) is 52.8 Å². The largest absolute Gasteiger partial charge is 0.369 e. The Balaban J connectivity index is 1.41. The van der Waals surface area contributed by atoms with Gasteiger partial charge in [0.15, 0.2) is 0 Å². The summed E-state index contributed by atoms with van der Waals surface area (Å²) in [6, 6.07) is 10.3. The topological polar surface area (TPSA) is 3.24 Å². The SMILES string of the molecule is CC(C)N1C2=C(C=C(C3=Cc4c(sc5ccccc45)CC3)CC2)C2C(I)CCCC21. The van der Waals surface area contributed by atoms with E-state index in [0.717, 1.165) is 15.9 Å². The molecule has 3 aliphatic carbocycles. The van der Waals surface area contributed by atoms with Crippen LogP contribution in [0.3, 0.4) is 0 Å². The number of nitrogens with zero attached hydrogens (tertiary/aromatic N) is 1. The predicted molar refractivity (Wildman–Crippen MR) is 138 cm³/mol. The molecule has 3 unspecified atom stereocenters. The number of benzene rings is 1. The van der Waals surface area contributed by atoms with Crippen LogP contribution in [0.2, 0.25) is 0 Å².